The van der Waals surface area contributed by atoms with Crippen LogP contribution in [0.15, 0.2) is 0 Å². The third-order valence-corrected chi connectivity index (χ3v) is 3.03. The molecule has 0 saturated heterocycles. The Morgan fingerprint density at radius 1 is 1.36 bits per heavy atom. The third-order valence-electron chi connectivity index (χ3n) is 1.34. The second-order valence-electron chi connectivity index (χ2n) is 3.74. The molecule has 0 aromatic carbocycles. The second kappa shape index (κ2) is 4.95. The summed E-state index contributed by atoms with van der Waals surface area (Å²) in [6.45, 7) is 8.57. The number of unbranched alkanes of at least 4 members (excludes halogenated alkanes) is 1. The zero-order valence-electron chi connectivity index (χ0n) is 7.94. The highest BCUT2D eigenvalue weighted by Crippen LogP contribution is 2.38. The maximum atomic E-state index is 11.3. The molecule has 0 aromatic heterocycles. The molecule has 11 heavy (non-hydrogen) atoms. The molecular formula is C8H19O2P. The summed E-state index contributed by atoms with van der Waals surface area (Å²) in [5.41, 5.74) is 0. The molecule has 0 aromatic rings. The molecule has 0 aliphatic carbocycles. The lowest BCUT2D eigenvalue weighted by Crippen LogP contribution is -2.08. The van der Waals surface area contributed by atoms with Crippen molar-refractivity contribution < 1.29 is 9.09 Å². The quantitative estimate of drug-likeness (QED) is 0.488. The number of hydrogen-bond donors (Lipinski definition) is 0. The summed E-state index contributed by atoms with van der Waals surface area (Å²) in [5, 5.41) is -0.168. The first kappa shape index (κ1) is 11.2. The van der Waals surface area contributed by atoms with Gasteiger partial charge in [0, 0.05) is 5.16 Å². The van der Waals surface area contributed by atoms with E-state index in [1.807, 2.05) is 20.8 Å². The Hall–Kier alpha value is 0.190. The lowest BCUT2D eigenvalue weighted by molar-refractivity contribution is 0.309. The van der Waals surface area contributed by atoms with E-state index in [0.717, 1.165) is 12.8 Å². The Bertz CT molecular complexity index is 127. The predicted molar refractivity (Wildman–Crippen MR) is 49.6 cm³/mol. The first-order valence-electron chi connectivity index (χ1n) is 4.15. The van der Waals surface area contributed by atoms with Crippen molar-refractivity contribution in [3.8, 4) is 0 Å². The van der Waals surface area contributed by atoms with Gasteiger partial charge < -0.3 is 4.52 Å². The number of hydrogen-bond acceptors (Lipinski definition) is 2. The molecule has 2 nitrogen and oxygen atoms in total. The van der Waals surface area contributed by atoms with Gasteiger partial charge in [-0.3, -0.25) is 4.57 Å². The van der Waals surface area contributed by atoms with Crippen molar-refractivity contribution in [2.75, 3.05) is 6.61 Å². The largest absolute Gasteiger partial charge is 0.330 e. The van der Waals surface area contributed by atoms with Gasteiger partial charge in [0.05, 0.1) is 6.61 Å². The van der Waals surface area contributed by atoms with E-state index in [0.29, 0.717) is 6.61 Å². The van der Waals surface area contributed by atoms with Crippen molar-refractivity contribution in [3.05, 3.63) is 0 Å². The van der Waals surface area contributed by atoms with Gasteiger partial charge in [-0.2, -0.15) is 0 Å². The second-order valence-corrected chi connectivity index (χ2v) is 6.10. The van der Waals surface area contributed by atoms with E-state index < -0.39 is 8.03 Å². The Balaban J connectivity index is 3.54. The van der Waals surface area contributed by atoms with Gasteiger partial charge in [0.2, 0.25) is 0 Å². The molecule has 3 heteroatoms. The third kappa shape index (κ3) is 5.46. The summed E-state index contributed by atoms with van der Waals surface area (Å²) in [4.78, 5) is 0. The lowest BCUT2D eigenvalue weighted by atomic mass is 10.3. The first-order valence-corrected chi connectivity index (χ1v) is 5.47. The van der Waals surface area contributed by atoms with E-state index in [-0.39, 0.29) is 5.16 Å². The van der Waals surface area contributed by atoms with Gasteiger partial charge in [-0.1, -0.05) is 34.1 Å². The molecule has 0 heterocycles. The molecule has 0 saturated carbocycles. The molecule has 0 N–H and O–H groups in total. The van der Waals surface area contributed by atoms with Crippen molar-refractivity contribution in [1.82, 2.24) is 0 Å². The molecular weight excluding hydrogens is 159 g/mol. The summed E-state index contributed by atoms with van der Waals surface area (Å²) in [6, 6.07) is 0. The highest BCUT2D eigenvalue weighted by Gasteiger charge is 2.19. The Kier molecular flexibility index (Phi) is 5.03. The van der Waals surface area contributed by atoms with Crippen LogP contribution in [0.1, 0.15) is 40.5 Å². The van der Waals surface area contributed by atoms with E-state index in [1.54, 1.807) is 0 Å². The van der Waals surface area contributed by atoms with Gasteiger partial charge in [0.25, 0.3) is 0 Å². The standard InChI is InChI=1S/C8H19O2P/c1-5-6-7-10-11(9)8(2,3)4/h11H,5-7H2,1-4H3. The van der Waals surface area contributed by atoms with E-state index in [2.05, 4.69) is 6.92 Å². The van der Waals surface area contributed by atoms with Crippen LogP contribution in [-0.2, 0) is 9.09 Å². The maximum Gasteiger partial charge on any atom is 0.196 e. The van der Waals surface area contributed by atoms with Gasteiger partial charge in [0.15, 0.2) is 8.03 Å². The van der Waals surface area contributed by atoms with Crippen LogP contribution in [0.2, 0.25) is 0 Å². The summed E-state index contributed by atoms with van der Waals surface area (Å²) >= 11 is 0. The van der Waals surface area contributed by atoms with Gasteiger partial charge >= 0.3 is 0 Å². The minimum Gasteiger partial charge on any atom is -0.330 e. The fourth-order valence-electron chi connectivity index (χ4n) is 0.526. The Morgan fingerprint density at radius 2 is 1.91 bits per heavy atom. The average molecular weight is 178 g/mol. The van der Waals surface area contributed by atoms with E-state index in [1.165, 1.54) is 0 Å². The SMILES string of the molecule is CCCCO[PH](=O)C(C)(C)C. The van der Waals surface area contributed by atoms with Crippen molar-refractivity contribution >= 4 is 8.03 Å². The van der Waals surface area contributed by atoms with Gasteiger partial charge in [0.1, 0.15) is 0 Å². The first-order chi connectivity index (χ1) is 4.98. The summed E-state index contributed by atoms with van der Waals surface area (Å²) < 4.78 is 16.5. The van der Waals surface area contributed by atoms with Gasteiger partial charge in [-0.25, -0.2) is 0 Å². The van der Waals surface area contributed by atoms with Crippen LogP contribution in [0.4, 0.5) is 0 Å². The molecule has 0 aliphatic heterocycles. The number of rotatable bonds is 4. The van der Waals surface area contributed by atoms with Crippen LogP contribution in [0, 0.1) is 0 Å². The summed E-state index contributed by atoms with van der Waals surface area (Å²) in [7, 11) is -1.83. The molecule has 1 atom stereocenters. The van der Waals surface area contributed by atoms with E-state index in [9.17, 15) is 4.57 Å². The molecule has 0 rings (SSSR count). The molecule has 0 amide bonds. The average Bonchev–Trinajstić information content (AvgIpc) is 1.86. The van der Waals surface area contributed by atoms with E-state index in [4.69, 9.17) is 4.52 Å². The minimum atomic E-state index is -1.83. The van der Waals surface area contributed by atoms with Gasteiger partial charge in [-0.05, 0) is 6.42 Å². The Labute approximate surface area is 70.2 Å². The molecule has 0 aliphatic rings. The molecule has 0 radical (unpaired) electrons. The van der Waals surface area contributed by atoms with Gasteiger partial charge in [-0.15, -0.1) is 0 Å². The molecule has 0 spiro atoms. The topological polar surface area (TPSA) is 26.3 Å². The zero-order chi connectivity index (χ0) is 8.91. The molecule has 68 valence electrons. The predicted octanol–water partition coefficient (Wildman–Crippen LogP) is 3.08. The normalized spacial score (nSPS) is 14.9. The monoisotopic (exact) mass is 178 g/mol. The van der Waals surface area contributed by atoms with Crippen molar-refractivity contribution in [2.45, 2.75) is 45.7 Å². The van der Waals surface area contributed by atoms with Crippen LogP contribution in [0.25, 0.3) is 0 Å². The van der Waals surface area contributed by atoms with Crippen LogP contribution in [0.5, 0.6) is 0 Å². The minimum absolute atomic E-state index is 0.168. The lowest BCUT2D eigenvalue weighted by Gasteiger charge is -2.17. The molecule has 1 unspecified atom stereocenters. The highest BCUT2D eigenvalue weighted by molar-refractivity contribution is 7.41. The van der Waals surface area contributed by atoms with Crippen LogP contribution >= 0.6 is 8.03 Å². The van der Waals surface area contributed by atoms with Crippen LogP contribution < -0.4 is 0 Å². The maximum absolute atomic E-state index is 11.3. The summed E-state index contributed by atoms with van der Waals surface area (Å²) in [5.74, 6) is 0. The van der Waals surface area contributed by atoms with Crippen LogP contribution in [-0.4, -0.2) is 11.8 Å². The summed E-state index contributed by atoms with van der Waals surface area (Å²) in [6.07, 6.45) is 2.10. The Morgan fingerprint density at radius 3 is 2.27 bits per heavy atom. The fourth-order valence-corrected chi connectivity index (χ4v) is 1.29. The fraction of sp³-hybridized carbons (Fsp3) is 1.00. The van der Waals surface area contributed by atoms with E-state index >= 15 is 0 Å². The molecule has 0 fully saturated rings. The van der Waals surface area contributed by atoms with Crippen LogP contribution in [0.3, 0.4) is 0 Å². The van der Waals surface area contributed by atoms with Crippen molar-refractivity contribution in [2.24, 2.45) is 0 Å². The smallest absolute Gasteiger partial charge is 0.196 e. The van der Waals surface area contributed by atoms with Crippen molar-refractivity contribution in [3.63, 3.8) is 0 Å². The van der Waals surface area contributed by atoms with Crippen molar-refractivity contribution in [1.29, 1.82) is 0 Å². The molecule has 0 bridgehead atoms. The zero-order valence-corrected chi connectivity index (χ0v) is 8.94. The highest BCUT2D eigenvalue weighted by atomic mass is 31.1.